The van der Waals surface area contributed by atoms with Gasteiger partial charge in [-0.3, -0.25) is 4.79 Å². The van der Waals surface area contributed by atoms with Crippen LogP contribution in [0.4, 0.5) is 8.78 Å². The van der Waals surface area contributed by atoms with E-state index in [1.165, 1.54) is 10.4 Å². The second-order valence-electron chi connectivity index (χ2n) is 5.28. The monoisotopic (exact) mass is 333 g/mol. The van der Waals surface area contributed by atoms with Crippen molar-refractivity contribution in [3.05, 3.63) is 35.4 Å². The van der Waals surface area contributed by atoms with Gasteiger partial charge in [-0.05, 0) is 31.4 Å². The quantitative estimate of drug-likeness (QED) is 0.889. The number of sulfonamides is 1. The largest absolute Gasteiger partial charge is 0.481 e. The number of benzene rings is 1. The fraction of sp³-hybridized carbons (Fsp3) is 0.500. The second kappa shape index (κ2) is 6.70. The third kappa shape index (κ3) is 3.80. The van der Waals surface area contributed by atoms with Crippen molar-refractivity contribution in [2.75, 3.05) is 18.8 Å². The maximum absolute atomic E-state index is 13.5. The molecule has 1 N–H and O–H groups in total. The first-order chi connectivity index (χ1) is 10.3. The number of rotatable bonds is 5. The predicted octanol–water partition coefficient (Wildman–Crippen LogP) is 1.63. The van der Waals surface area contributed by atoms with E-state index < -0.39 is 39.3 Å². The van der Waals surface area contributed by atoms with Gasteiger partial charge in [0.2, 0.25) is 10.0 Å². The summed E-state index contributed by atoms with van der Waals surface area (Å²) in [5.74, 6) is -3.39. The maximum atomic E-state index is 13.5. The lowest BCUT2D eigenvalue weighted by molar-refractivity contribution is -0.142. The normalized spacial score (nSPS) is 17.5. The van der Waals surface area contributed by atoms with Gasteiger partial charge in [0, 0.05) is 18.7 Å². The van der Waals surface area contributed by atoms with Crippen molar-refractivity contribution < 1.29 is 27.1 Å². The van der Waals surface area contributed by atoms with E-state index in [1.54, 1.807) is 0 Å². The predicted molar refractivity (Wildman–Crippen MR) is 75.8 cm³/mol. The zero-order valence-corrected chi connectivity index (χ0v) is 12.7. The molecule has 0 unspecified atom stereocenters. The minimum absolute atomic E-state index is 0.124. The SMILES string of the molecule is O=C(O)C1CCN(S(=O)(=O)CCc2c(F)cccc2F)CC1. The summed E-state index contributed by atoms with van der Waals surface area (Å²) in [6.07, 6.45) is 0.255. The van der Waals surface area contributed by atoms with E-state index >= 15 is 0 Å². The van der Waals surface area contributed by atoms with E-state index in [4.69, 9.17) is 5.11 Å². The smallest absolute Gasteiger partial charge is 0.306 e. The van der Waals surface area contributed by atoms with Crippen LogP contribution >= 0.6 is 0 Å². The molecule has 1 aromatic carbocycles. The molecule has 0 amide bonds. The summed E-state index contributed by atoms with van der Waals surface area (Å²) in [7, 11) is -3.66. The van der Waals surface area contributed by atoms with Crippen LogP contribution in [0.3, 0.4) is 0 Å². The lowest BCUT2D eigenvalue weighted by atomic mass is 9.99. The number of carboxylic acid groups (broad SMARTS) is 1. The zero-order chi connectivity index (χ0) is 16.3. The Hall–Kier alpha value is -1.54. The van der Waals surface area contributed by atoms with Crippen LogP contribution in [0.1, 0.15) is 18.4 Å². The first-order valence-electron chi connectivity index (χ1n) is 6.95. The molecule has 0 bridgehead atoms. The number of halogens is 2. The summed E-state index contributed by atoms with van der Waals surface area (Å²) >= 11 is 0. The van der Waals surface area contributed by atoms with Crippen molar-refractivity contribution >= 4 is 16.0 Å². The van der Waals surface area contributed by atoms with Gasteiger partial charge in [-0.15, -0.1) is 0 Å². The molecule has 1 heterocycles. The number of carbonyl (C=O) groups is 1. The van der Waals surface area contributed by atoms with Crippen LogP contribution in [0, 0.1) is 17.6 Å². The molecule has 0 aromatic heterocycles. The van der Waals surface area contributed by atoms with Gasteiger partial charge >= 0.3 is 5.97 Å². The Labute approximate surface area is 127 Å². The highest BCUT2D eigenvalue weighted by Crippen LogP contribution is 2.21. The van der Waals surface area contributed by atoms with E-state index in [2.05, 4.69) is 0 Å². The number of hydrogen-bond acceptors (Lipinski definition) is 3. The number of nitrogens with zero attached hydrogens (tertiary/aromatic N) is 1. The molecule has 2 rings (SSSR count). The van der Waals surface area contributed by atoms with Crippen LogP contribution in [-0.2, 0) is 21.2 Å². The molecule has 8 heteroatoms. The highest BCUT2D eigenvalue weighted by molar-refractivity contribution is 7.89. The zero-order valence-electron chi connectivity index (χ0n) is 11.8. The summed E-state index contributed by atoms with van der Waals surface area (Å²) in [5, 5.41) is 8.89. The molecule has 0 aliphatic carbocycles. The van der Waals surface area contributed by atoms with Gasteiger partial charge in [-0.25, -0.2) is 21.5 Å². The Morgan fingerprint density at radius 3 is 2.27 bits per heavy atom. The Morgan fingerprint density at radius 1 is 1.23 bits per heavy atom. The van der Waals surface area contributed by atoms with Gasteiger partial charge in [-0.1, -0.05) is 6.07 Å². The van der Waals surface area contributed by atoms with Crippen molar-refractivity contribution in [2.24, 2.45) is 5.92 Å². The summed E-state index contributed by atoms with van der Waals surface area (Å²) in [6.45, 7) is 0.248. The minimum atomic E-state index is -3.66. The number of piperidine rings is 1. The van der Waals surface area contributed by atoms with Gasteiger partial charge in [0.05, 0.1) is 11.7 Å². The lowest BCUT2D eigenvalue weighted by Crippen LogP contribution is -2.41. The van der Waals surface area contributed by atoms with Crippen molar-refractivity contribution in [3.8, 4) is 0 Å². The molecule has 122 valence electrons. The Bertz CT molecular complexity index is 635. The molecular formula is C14H17F2NO4S. The summed E-state index contributed by atoms with van der Waals surface area (Å²) in [5.41, 5.74) is -0.244. The van der Waals surface area contributed by atoms with E-state index in [9.17, 15) is 22.0 Å². The third-order valence-corrected chi connectivity index (χ3v) is 5.74. The standard InChI is InChI=1S/C14H17F2NO4S/c15-12-2-1-3-13(16)11(12)6-9-22(20,21)17-7-4-10(5-8-17)14(18)19/h1-3,10H,4-9H2,(H,18,19). The van der Waals surface area contributed by atoms with Crippen LogP contribution in [0.15, 0.2) is 18.2 Å². The van der Waals surface area contributed by atoms with Crippen LogP contribution in [-0.4, -0.2) is 42.6 Å². The average molecular weight is 333 g/mol. The second-order valence-corrected chi connectivity index (χ2v) is 7.37. The molecule has 1 aliphatic rings. The minimum Gasteiger partial charge on any atom is -0.481 e. The topological polar surface area (TPSA) is 74.7 Å². The van der Waals surface area contributed by atoms with Crippen LogP contribution in [0.5, 0.6) is 0 Å². The molecule has 0 spiro atoms. The highest BCUT2D eigenvalue weighted by Gasteiger charge is 2.31. The highest BCUT2D eigenvalue weighted by atomic mass is 32.2. The van der Waals surface area contributed by atoms with Crippen molar-refractivity contribution in [1.82, 2.24) is 4.31 Å². The molecule has 0 saturated carbocycles. The van der Waals surface area contributed by atoms with E-state index in [-0.39, 0.29) is 37.9 Å². The molecule has 1 aromatic rings. The van der Waals surface area contributed by atoms with E-state index in [0.717, 1.165) is 12.1 Å². The lowest BCUT2D eigenvalue weighted by Gasteiger charge is -2.29. The van der Waals surface area contributed by atoms with Gasteiger partial charge < -0.3 is 5.11 Å². The summed E-state index contributed by atoms with van der Waals surface area (Å²) in [6, 6.07) is 3.39. The molecule has 5 nitrogen and oxygen atoms in total. The first-order valence-corrected chi connectivity index (χ1v) is 8.55. The van der Waals surface area contributed by atoms with Crippen LogP contribution in [0.2, 0.25) is 0 Å². The Balaban J connectivity index is 1.99. The van der Waals surface area contributed by atoms with Crippen LogP contribution in [0.25, 0.3) is 0 Å². The van der Waals surface area contributed by atoms with Gasteiger partial charge in [0.15, 0.2) is 0 Å². The summed E-state index contributed by atoms with van der Waals surface area (Å²) < 4.78 is 52.6. The Morgan fingerprint density at radius 2 is 1.77 bits per heavy atom. The van der Waals surface area contributed by atoms with Gasteiger partial charge in [0.1, 0.15) is 11.6 Å². The van der Waals surface area contributed by atoms with Gasteiger partial charge in [-0.2, -0.15) is 0 Å². The van der Waals surface area contributed by atoms with Gasteiger partial charge in [0.25, 0.3) is 0 Å². The first kappa shape index (κ1) is 16.8. The third-order valence-electron chi connectivity index (χ3n) is 3.87. The number of carboxylic acids is 1. The molecular weight excluding hydrogens is 316 g/mol. The molecule has 0 atom stereocenters. The Kier molecular flexibility index (Phi) is 5.12. The van der Waals surface area contributed by atoms with E-state index in [0.29, 0.717) is 0 Å². The van der Waals surface area contributed by atoms with Crippen molar-refractivity contribution in [2.45, 2.75) is 19.3 Å². The molecule has 22 heavy (non-hydrogen) atoms. The van der Waals surface area contributed by atoms with E-state index in [1.807, 2.05) is 0 Å². The van der Waals surface area contributed by atoms with Crippen LogP contribution < -0.4 is 0 Å². The summed E-state index contributed by atoms with van der Waals surface area (Å²) in [4.78, 5) is 10.8. The fourth-order valence-electron chi connectivity index (χ4n) is 2.51. The fourth-order valence-corrected chi connectivity index (χ4v) is 4.00. The number of aliphatic carboxylic acids is 1. The number of hydrogen-bond donors (Lipinski definition) is 1. The molecule has 1 aliphatic heterocycles. The molecule has 1 fully saturated rings. The van der Waals surface area contributed by atoms with Crippen molar-refractivity contribution in [3.63, 3.8) is 0 Å². The average Bonchev–Trinajstić information content (AvgIpc) is 2.46. The van der Waals surface area contributed by atoms with Crippen molar-refractivity contribution in [1.29, 1.82) is 0 Å². The maximum Gasteiger partial charge on any atom is 0.306 e. The molecule has 0 radical (unpaired) electrons. The molecule has 1 saturated heterocycles.